The lowest BCUT2D eigenvalue weighted by molar-refractivity contribution is -0.00660. The highest BCUT2D eigenvalue weighted by Crippen LogP contribution is 2.11. The second-order valence-corrected chi connectivity index (χ2v) is 6.99. The lowest BCUT2D eigenvalue weighted by atomic mass is 10.2. The van der Waals surface area contributed by atoms with E-state index in [2.05, 4.69) is 5.32 Å². The van der Waals surface area contributed by atoms with Crippen LogP contribution in [0.15, 0.2) is 30.3 Å². The summed E-state index contributed by atoms with van der Waals surface area (Å²) in [6.07, 6.45) is -1.44. The smallest absolute Gasteiger partial charge is 0.421 e. The van der Waals surface area contributed by atoms with Gasteiger partial charge in [0.25, 0.3) is 0 Å². The summed E-state index contributed by atoms with van der Waals surface area (Å²) in [6.45, 7) is 5.68. The van der Waals surface area contributed by atoms with E-state index in [9.17, 15) is 19.8 Å². The number of aliphatic hydroxyl groups excluding tert-OH is 1. The molecule has 1 atom stereocenters. The minimum atomic E-state index is -1.11. The number of carbonyl (C=O) groups is 2. The van der Waals surface area contributed by atoms with Crippen LogP contribution in [-0.4, -0.2) is 64.3 Å². The van der Waals surface area contributed by atoms with E-state index in [1.807, 2.05) is 30.3 Å². The van der Waals surface area contributed by atoms with Crippen LogP contribution in [0.2, 0.25) is 0 Å². The van der Waals surface area contributed by atoms with Gasteiger partial charge in [0.2, 0.25) is 0 Å². The fourth-order valence-electron chi connectivity index (χ4n) is 2.30. The first-order chi connectivity index (χ1) is 12.1. The molecule has 0 radical (unpaired) electrons. The van der Waals surface area contributed by atoms with Gasteiger partial charge in [0.1, 0.15) is 5.60 Å². The first-order valence-corrected chi connectivity index (χ1v) is 8.48. The van der Waals surface area contributed by atoms with E-state index in [0.29, 0.717) is 6.54 Å². The largest absolute Gasteiger partial charge is 0.464 e. The van der Waals surface area contributed by atoms with Gasteiger partial charge in [-0.2, -0.15) is 0 Å². The predicted octanol–water partition coefficient (Wildman–Crippen LogP) is 2.29. The van der Waals surface area contributed by atoms with Gasteiger partial charge in [-0.25, -0.2) is 19.6 Å². The molecule has 0 aliphatic rings. The standard InChI is InChI=1S/C18H29N3O5/c1-18(2,3)26-16(23)19-15(10-11-22)13-21(20(4)17(24)25)12-14-8-6-5-7-9-14/h5-9,15,22H,10-13H2,1-4H3,(H,19,23)(H,24,25)/t15-/m1/s1. The van der Waals surface area contributed by atoms with Gasteiger partial charge in [-0.1, -0.05) is 30.3 Å². The molecule has 1 aromatic rings. The summed E-state index contributed by atoms with van der Waals surface area (Å²) in [7, 11) is 1.44. The Morgan fingerprint density at radius 1 is 1.23 bits per heavy atom. The normalized spacial score (nSPS) is 12.5. The number of benzene rings is 1. The molecule has 0 heterocycles. The Kier molecular flexibility index (Phi) is 8.34. The third-order valence-electron chi connectivity index (χ3n) is 3.54. The number of carbonyl (C=O) groups excluding carboxylic acids is 1. The van der Waals surface area contributed by atoms with Crippen molar-refractivity contribution >= 4 is 12.2 Å². The Morgan fingerprint density at radius 3 is 2.35 bits per heavy atom. The highest BCUT2D eigenvalue weighted by Gasteiger charge is 2.24. The molecule has 8 nitrogen and oxygen atoms in total. The number of hydrogen-bond donors (Lipinski definition) is 3. The molecule has 8 heteroatoms. The molecular formula is C18H29N3O5. The molecule has 0 fully saturated rings. The highest BCUT2D eigenvalue weighted by molar-refractivity contribution is 5.68. The van der Waals surface area contributed by atoms with Gasteiger partial charge < -0.3 is 20.3 Å². The van der Waals surface area contributed by atoms with Crippen LogP contribution in [-0.2, 0) is 11.3 Å². The van der Waals surface area contributed by atoms with Crippen LogP contribution in [0, 0.1) is 0 Å². The van der Waals surface area contributed by atoms with Crippen LogP contribution in [0.3, 0.4) is 0 Å². The summed E-state index contributed by atoms with van der Waals surface area (Å²) >= 11 is 0. The third-order valence-corrected chi connectivity index (χ3v) is 3.54. The molecule has 0 aliphatic heterocycles. The van der Waals surface area contributed by atoms with Crippen LogP contribution in [0.25, 0.3) is 0 Å². The summed E-state index contributed by atoms with van der Waals surface area (Å²) in [6, 6.07) is 8.95. The van der Waals surface area contributed by atoms with Crippen LogP contribution in [0.5, 0.6) is 0 Å². The van der Waals surface area contributed by atoms with Gasteiger partial charge >= 0.3 is 12.2 Å². The monoisotopic (exact) mass is 367 g/mol. The summed E-state index contributed by atoms with van der Waals surface area (Å²) < 4.78 is 5.24. The topological polar surface area (TPSA) is 102 Å². The molecule has 0 unspecified atom stereocenters. The van der Waals surface area contributed by atoms with Gasteiger partial charge in [0.15, 0.2) is 0 Å². The SMILES string of the molecule is CN(C(=O)O)N(Cc1ccccc1)C[C@@H](CCO)NC(=O)OC(C)(C)C. The Hall–Kier alpha value is -2.32. The fraction of sp³-hybridized carbons (Fsp3) is 0.556. The summed E-state index contributed by atoms with van der Waals surface area (Å²) in [5, 5.41) is 24.0. The molecule has 0 aromatic heterocycles. The maximum absolute atomic E-state index is 12.0. The maximum atomic E-state index is 12.0. The van der Waals surface area contributed by atoms with E-state index < -0.39 is 23.8 Å². The minimum absolute atomic E-state index is 0.142. The number of amides is 2. The average molecular weight is 367 g/mol. The Morgan fingerprint density at radius 2 is 1.85 bits per heavy atom. The minimum Gasteiger partial charge on any atom is -0.464 e. The number of aliphatic hydroxyl groups is 1. The quantitative estimate of drug-likeness (QED) is 0.609. The first kappa shape index (κ1) is 21.7. The third kappa shape index (κ3) is 8.17. The number of alkyl carbamates (subject to hydrolysis) is 1. The van der Waals surface area contributed by atoms with E-state index in [-0.39, 0.29) is 19.6 Å². The molecule has 0 bridgehead atoms. The summed E-state index contributed by atoms with van der Waals surface area (Å²) in [5.74, 6) is 0. The van der Waals surface area contributed by atoms with Gasteiger partial charge in [0.05, 0.1) is 0 Å². The number of ether oxygens (including phenoxy) is 1. The number of nitrogens with zero attached hydrogens (tertiary/aromatic N) is 2. The Bertz CT molecular complexity index is 574. The van der Waals surface area contributed by atoms with Crippen molar-refractivity contribution in [3.05, 3.63) is 35.9 Å². The van der Waals surface area contributed by atoms with Crippen LogP contribution >= 0.6 is 0 Å². The van der Waals surface area contributed by atoms with Crippen molar-refractivity contribution in [3.63, 3.8) is 0 Å². The zero-order valence-electron chi connectivity index (χ0n) is 15.8. The number of rotatable bonds is 8. The van der Waals surface area contributed by atoms with E-state index in [0.717, 1.165) is 10.6 Å². The molecule has 0 spiro atoms. The molecule has 1 rings (SSSR count). The van der Waals surface area contributed by atoms with E-state index >= 15 is 0 Å². The zero-order valence-corrected chi connectivity index (χ0v) is 15.8. The molecule has 3 N–H and O–H groups in total. The second kappa shape index (κ2) is 9.98. The van der Waals surface area contributed by atoms with E-state index in [4.69, 9.17) is 4.74 Å². The van der Waals surface area contributed by atoms with Gasteiger partial charge in [-0.05, 0) is 32.8 Å². The molecule has 26 heavy (non-hydrogen) atoms. The number of hydrogen-bond acceptors (Lipinski definition) is 5. The molecule has 1 aromatic carbocycles. The predicted molar refractivity (Wildman–Crippen MR) is 97.5 cm³/mol. The molecule has 0 saturated heterocycles. The summed E-state index contributed by atoms with van der Waals surface area (Å²) in [4.78, 5) is 23.4. The van der Waals surface area contributed by atoms with Crippen molar-refractivity contribution in [1.82, 2.24) is 15.3 Å². The molecule has 146 valence electrons. The van der Waals surface area contributed by atoms with Crippen molar-refractivity contribution in [2.75, 3.05) is 20.2 Å². The Labute approximate surface area is 154 Å². The lowest BCUT2D eigenvalue weighted by Crippen LogP contribution is -2.51. The maximum Gasteiger partial charge on any atom is 0.421 e. The lowest BCUT2D eigenvalue weighted by Gasteiger charge is -2.33. The fourth-order valence-corrected chi connectivity index (χ4v) is 2.30. The van der Waals surface area contributed by atoms with Crippen molar-refractivity contribution in [2.24, 2.45) is 0 Å². The summed E-state index contributed by atoms with van der Waals surface area (Å²) in [5.41, 5.74) is 0.288. The molecular weight excluding hydrogens is 338 g/mol. The van der Waals surface area contributed by atoms with Crippen molar-refractivity contribution < 1.29 is 24.5 Å². The highest BCUT2D eigenvalue weighted by atomic mass is 16.6. The molecule has 0 aliphatic carbocycles. The van der Waals surface area contributed by atoms with Crippen molar-refractivity contribution in [3.8, 4) is 0 Å². The Balaban J connectivity index is 2.85. The van der Waals surface area contributed by atoms with Crippen LogP contribution in [0.4, 0.5) is 9.59 Å². The number of carboxylic acid groups (broad SMARTS) is 1. The van der Waals surface area contributed by atoms with Gasteiger partial charge in [-0.15, -0.1) is 0 Å². The number of nitrogens with one attached hydrogen (secondary N) is 1. The van der Waals surface area contributed by atoms with Crippen molar-refractivity contribution in [2.45, 2.75) is 45.4 Å². The first-order valence-electron chi connectivity index (χ1n) is 8.48. The van der Waals surface area contributed by atoms with Crippen LogP contribution in [0.1, 0.15) is 32.8 Å². The van der Waals surface area contributed by atoms with Crippen molar-refractivity contribution in [1.29, 1.82) is 0 Å². The van der Waals surface area contributed by atoms with Gasteiger partial charge in [-0.3, -0.25) is 0 Å². The molecule has 0 saturated carbocycles. The van der Waals surface area contributed by atoms with Gasteiger partial charge in [0, 0.05) is 32.8 Å². The number of hydrazine groups is 1. The van der Waals surface area contributed by atoms with E-state index in [1.54, 1.807) is 25.8 Å². The van der Waals surface area contributed by atoms with E-state index in [1.165, 1.54) is 7.05 Å². The second-order valence-electron chi connectivity index (χ2n) is 6.99. The molecule has 2 amide bonds. The van der Waals surface area contributed by atoms with Crippen LogP contribution < -0.4 is 5.32 Å². The zero-order chi connectivity index (χ0) is 19.7. The average Bonchev–Trinajstić information content (AvgIpc) is 2.52.